The first kappa shape index (κ1) is 21.2. The van der Waals surface area contributed by atoms with Crippen molar-refractivity contribution in [2.45, 2.75) is 4.90 Å². The smallest absolute Gasteiger partial charge is 0.337 e. The van der Waals surface area contributed by atoms with Crippen LogP contribution >= 0.6 is 0 Å². The number of hydrogen-bond donors (Lipinski definition) is 1. The number of imide groups is 1. The molecule has 0 saturated heterocycles. The number of nitrogens with two attached hydrogens (primary N) is 1. The topological polar surface area (TPSA) is 133 Å². The van der Waals surface area contributed by atoms with Gasteiger partial charge < -0.3 is 9.47 Å². The number of carbonyl (C=O) groups excluding carboxylic acids is 3. The summed E-state index contributed by atoms with van der Waals surface area (Å²) in [4.78, 5) is 38.5. The molecule has 0 spiro atoms. The average Bonchev–Trinajstić information content (AvgIpc) is 3.03. The molecule has 0 bridgehead atoms. The highest BCUT2D eigenvalue weighted by Crippen LogP contribution is 2.42. The van der Waals surface area contributed by atoms with Crippen molar-refractivity contribution in [3.63, 3.8) is 0 Å². The fraction of sp³-hybridized carbons (Fsp3) is 0.0455. The van der Waals surface area contributed by atoms with Crippen LogP contribution in [0.1, 0.15) is 31.1 Å². The first-order chi connectivity index (χ1) is 15.2. The first-order valence-electron chi connectivity index (χ1n) is 9.22. The molecule has 0 unspecified atom stereocenters. The lowest BCUT2D eigenvalue weighted by atomic mass is 10.1. The highest BCUT2D eigenvalue weighted by atomic mass is 32.2. The molecular formula is C22H16N2O7S. The number of benzene rings is 3. The molecule has 32 heavy (non-hydrogen) atoms. The molecule has 0 atom stereocenters. The summed E-state index contributed by atoms with van der Waals surface area (Å²) >= 11 is 0. The Labute approximate surface area is 183 Å². The first-order valence-corrected chi connectivity index (χ1v) is 10.8. The predicted molar refractivity (Wildman–Crippen MR) is 113 cm³/mol. The number of fused-ring (bicyclic) bond motifs is 1. The maximum Gasteiger partial charge on any atom is 0.337 e. The molecule has 3 aromatic rings. The molecule has 4 rings (SSSR count). The van der Waals surface area contributed by atoms with Gasteiger partial charge in [0.1, 0.15) is 10.6 Å². The van der Waals surface area contributed by atoms with Crippen molar-refractivity contribution in [1.82, 2.24) is 0 Å². The SMILES string of the molecule is COC(=O)c1cc(N2C(=O)c3ccccc3C2=O)c(Oc2ccccc2)c(S(N)(=O)=O)c1. The molecule has 0 saturated carbocycles. The fourth-order valence-corrected chi connectivity index (χ4v) is 4.01. The molecular weight excluding hydrogens is 436 g/mol. The number of esters is 1. The van der Waals surface area contributed by atoms with Gasteiger partial charge in [0.05, 0.1) is 29.5 Å². The molecule has 2 N–H and O–H groups in total. The van der Waals surface area contributed by atoms with E-state index in [1.54, 1.807) is 42.5 Å². The second-order valence-corrected chi connectivity index (χ2v) is 8.30. The van der Waals surface area contributed by atoms with Gasteiger partial charge in [-0.25, -0.2) is 23.3 Å². The molecule has 1 aliphatic rings. The second-order valence-electron chi connectivity index (χ2n) is 6.77. The Hall–Kier alpha value is -4.02. The Morgan fingerprint density at radius 2 is 1.47 bits per heavy atom. The number of para-hydroxylation sites is 1. The van der Waals surface area contributed by atoms with E-state index in [2.05, 4.69) is 0 Å². The summed E-state index contributed by atoms with van der Waals surface area (Å²) in [6.45, 7) is 0. The van der Waals surface area contributed by atoms with Crippen molar-refractivity contribution >= 4 is 33.5 Å². The van der Waals surface area contributed by atoms with Gasteiger partial charge in [0.15, 0.2) is 5.75 Å². The van der Waals surface area contributed by atoms with Crippen molar-refractivity contribution < 1.29 is 32.3 Å². The molecule has 9 nitrogen and oxygen atoms in total. The molecule has 1 aliphatic heterocycles. The summed E-state index contributed by atoms with van der Waals surface area (Å²) in [6.07, 6.45) is 0. The molecule has 3 aromatic carbocycles. The summed E-state index contributed by atoms with van der Waals surface area (Å²) < 4.78 is 35.3. The number of anilines is 1. The lowest BCUT2D eigenvalue weighted by molar-refractivity contribution is 0.0599. The third-order valence-electron chi connectivity index (χ3n) is 4.76. The normalized spacial score (nSPS) is 13.1. The lowest BCUT2D eigenvalue weighted by Gasteiger charge is -2.21. The van der Waals surface area contributed by atoms with Crippen LogP contribution in [0.5, 0.6) is 11.5 Å². The number of primary sulfonamides is 1. The summed E-state index contributed by atoms with van der Waals surface area (Å²) in [5, 5.41) is 5.39. The van der Waals surface area contributed by atoms with Gasteiger partial charge in [-0.2, -0.15) is 0 Å². The van der Waals surface area contributed by atoms with Gasteiger partial charge in [-0.05, 0) is 36.4 Å². The maximum atomic E-state index is 13.1. The zero-order valence-corrected chi connectivity index (χ0v) is 17.5. The van der Waals surface area contributed by atoms with Crippen LogP contribution in [0, 0.1) is 0 Å². The van der Waals surface area contributed by atoms with Gasteiger partial charge in [0.2, 0.25) is 10.0 Å². The van der Waals surface area contributed by atoms with Crippen LogP contribution in [0.2, 0.25) is 0 Å². The van der Waals surface area contributed by atoms with Crippen molar-refractivity contribution in [1.29, 1.82) is 0 Å². The largest absolute Gasteiger partial charge is 0.465 e. The zero-order valence-electron chi connectivity index (χ0n) is 16.6. The van der Waals surface area contributed by atoms with E-state index in [0.717, 1.165) is 24.1 Å². The number of hydrogen-bond acceptors (Lipinski definition) is 7. The Morgan fingerprint density at radius 3 is 2.00 bits per heavy atom. The van der Waals surface area contributed by atoms with E-state index < -0.39 is 32.7 Å². The van der Waals surface area contributed by atoms with E-state index in [0.29, 0.717) is 0 Å². The number of ether oxygens (including phenoxy) is 2. The number of nitrogens with zero attached hydrogens (tertiary/aromatic N) is 1. The van der Waals surface area contributed by atoms with Gasteiger partial charge in [0, 0.05) is 0 Å². The summed E-state index contributed by atoms with van der Waals surface area (Å²) in [5.74, 6) is -2.45. The van der Waals surface area contributed by atoms with Crippen LogP contribution < -0.4 is 14.8 Å². The lowest BCUT2D eigenvalue weighted by Crippen LogP contribution is -2.30. The molecule has 1 heterocycles. The monoisotopic (exact) mass is 452 g/mol. The predicted octanol–water partition coefficient (Wildman–Crippen LogP) is 2.71. The molecule has 0 fully saturated rings. The van der Waals surface area contributed by atoms with Gasteiger partial charge in [-0.15, -0.1) is 0 Å². The van der Waals surface area contributed by atoms with Crippen molar-refractivity contribution in [2.75, 3.05) is 12.0 Å². The Morgan fingerprint density at radius 1 is 0.906 bits per heavy atom. The molecule has 162 valence electrons. The third kappa shape index (κ3) is 3.61. The van der Waals surface area contributed by atoms with Crippen LogP contribution in [-0.2, 0) is 14.8 Å². The molecule has 10 heteroatoms. The Balaban J connectivity index is 2.01. The number of sulfonamides is 1. The van der Waals surface area contributed by atoms with Gasteiger partial charge in [0.25, 0.3) is 11.8 Å². The van der Waals surface area contributed by atoms with Crippen molar-refractivity contribution in [3.8, 4) is 11.5 Å². The van der Waals surface area contributed by atoms with Gasteiger partial charge >= 0.3 is 5.97 Å². The van der Waals surface area contributed by atoms with Crippen LogP contribution in [-0.4, -0.2) is 33.3 Å². The minimum Gasteiger partial charge on any atom is -0.465 e. The highest BCUT2D eigenvalue weighted by Gasteiger charge is 2.40. The van der Waals surface area contributed by atoms with E-state index in [-0.39, 0.29) is 33.9 Å². The number of methoxy groups -OCH3 is 1. The van der Waals surface area contributed by atoms with E-state index in [1.165, 1.54) is 12.1 Å². The summed E-state index contributed by atoms with van der Waals surface area (Å²) in [6, 6.07) is 16.4. The van der Waals surface area contributed by atoms with E-state index in [9.17, 15) is 22.8 Å². The fourth-order valence-electron chi connectivity index (χ4n) is 3.32. The standard InChI is InChI=1S/C22H16N2O7S/c1-30-22(27)13-11-17(24-20(25)15-9-5-6-10-16(15)21(24)26)19(18(12-13)32(23,28)29)31-14-7-3-2-4-8-14/h2-12H,1H3,(H2,23,28,29). The van der Waals surface area contributed by atoms with Crippen LogP contribution in [0.3, 0.4) is 0 Å². The van der Waals surface area contributed by atoms with E-state index in [4.69, 9.17) is 14.6 Å². The molecule has 0 radical (unpaired) electrons. The van der Waals surface area contributed by atoms with Gasteiger partial charge in [-0.3, -0.25) is 9.59 Å². The van der Waals surface area contributed by atoms with E-state index >= 15 is 0 Å². The summed E-state index contributed by atoms with van der Waals surface area (Å²) in [7, 11) is -3.35. The number of carbonyl (C=O) groups is 3. The Bertz CT molecular complexity index is 1330. The Kier molecular flexibility index (Phi) is 5.25. The quantitative estimate of drug-likeness (QED) is 0.465. The molecule has 2 amide bonds. The van der Waals surface area contributed by atoms with Crippen molar-refractivity contribution in [3.05, 3.63) is 83.4 Å². The zero-order chi connectivity index (χ0) is 23.0. The minimum atomic E-state index is -4.45. The molecule has 0 aromatic heterocycles. The van der Waals surface area contributed by atoms with E-state index in [1.807, 2.05) is 0 Å². The van der Waals surface area contributed by atoms with Crippen molar-refractivity contribution in [2.24, 2.45) is 5.14 Å². The van der Waals surface area contributed by atoms with Crippen LogP contribution in [0.25, 0.3) is 0 Å². The van der Waals surface area contributed by atoms with Crippen LogP contribution in [0.15, 0.2) is 71.6 Å². The number of amides is 2. The van der Waals surface area contributed by atoms with Gasteiger partial charge in [-0.1, -0.05) is 30.3 Å². The molecule has 0 aliphatic carbocycles. The summed E-state index contributed by atoms with van der Waals surface area (Å²) in [5.41, 5.74) is -0.233. The highest BCUT2D eigenvalue weighted by molar-refractivity contribution is 7.89. The number of rotatable bonds is 5. The second kappa shape index (κ2) is 7.91. The maximum absolute atomic E-state index is 13.1. The average molecular weight is 452 g/mol. The minimum absolute atomic E-state index is 0.129. The van der Waals surface area contributed by atoms with Crippen LogP contribution in [0.4, 0.5) is 5.69 Å². The third-order valence-corrected chi connectivity index (χ3v) is 5.68.